The molecular formula is C18H25ClN2O2. The lowest BCUT2D eigenvalue weighted by Crippen LogP contribution is -2.39. The zero-order valence-corrected chi connectivity index (χ0v) is 14.1. The van der Waals surface area contributed by atoms with Gasteiger partial charge in [-0.3, -0.25) is 4.79 Å². The number of amides is 1. The lowest BCUT2D eigenvalue weighted by molar-refractivity contribution is -0.123. The minimum Gasteiger partial charge on any atom is -0.393 e. The van der Waals surface area contributed by atoms with E-state index in [2.05, 4.69) is 10.6 Å². The van der Waals surface area contributed by atoms with Gasteiger partial charge in [-0.2, -0.15) is 0 Å². The average Bonchev–Trinajstić information content (AvgIpc) is 3.31. The first kappa shape index (κ1) is 16.6. The molecule has 23 heavy (non-hydrogen) atoms. The Kier molecular flexibility index (Phi) is 5.44. The van der Waals surface area contributed by atoms with Crippen molar-refractivity contribution in [3.8, 4) is 0 Å². The van der Waals surface area contributed by atoms with Gasteiger partial charge in [0.2, 0.25) is 5.91 Å². The molecule has 0 heterocycles. The summed E-state index contributed by atoms with van der Waals surface area (Å²) in [4.78, 5) is 12.2. The number of anilines is 1. The molecule has 0 radical (unpaired) electrons. The van der Waals surface area contributed by atoms with Crippen molar-refractivity contribution in [1.82, 2.24) is 5.32 Å². The number of nitrogens with one attached hydrogen (secondary N) is 2. The average molecular weight is 337 g/mol. The molecule has 0 spiro atoms. The number of carbonyl (C=O) groups is 1. The summed E-state index contributed by atoms with van der Waals surface area (Å²) >= 11 is 5.86. The molecule has 0 aliphatic heterocycles. The number of rotatable bonds is 6. The number of benzene rings is 1. The highest BCUT2D eigenvalue weighted by Gasteiger charge is 2.42. The van der Waals surface area contributed by atoms with Crippen LogP contribution in [0.1, 0.15) is 38.5 Å². The molecular weight excluding hydrogens is 312 g/mol. The molecule has 1 amide bonds. The largest absolute Gasteiger partial charge is 0.393 e. The van der Waals surface area contributed by atoms with E-state index >= 15 is 0 Å². The van der Waals surface area contributed by atoms with Crippen LogP contribution in [-0.2, 0) is 4.79 Å². The Hall–Kier alpha value is -1.26. The molecule has 2 unspecified atom stereocenters. The maximum absolute atomic E-state index is 12.2. The van der Waals surface area contributed by atoms with Crippen molar-refractivity contribution >= 4 is 23.2 Å². The van der Waals surface area contributed by atoms with E-state index in [1.54, 1.807) is 0 Å². The highest BCUT2D eigenvalue weighted by molar-refractivity contribution is 6.30. The van der Waals surface area contributed by atoms with Crippen LogP contribution in [-0.4, -0.2) is 29.7 Å². The normalized spacial score (nSPS) is 29.8. The summed E-state index contributed by atoms with van der Waals surface area (Å²) in [7, 11) is 0. The molecule has 2 saturated carbocycles. The van der Waals surface area contributed by atoms with Gasteiger partial charge in [0, 0.05) is 29.2 Å². The number of hydrogen-bond acceptors (Lipinski definition) is 3. The second-order valence-electron chi connectivity index (χ2n) is 6.84. The first-order valence-electron chi connectivity index (χ1n) is 8.59. The van der Waals surface area contributed by atoms with Gasteiger partial charge in [0.15, 0.2) is 0 Å². The third-order valence-electron chi connectivity index (χ3n) is 4.99. The Morgan fingerprint density at radius 2 is 1.87 bits per heavy atom. The number of carbonyl (C=O) groups excluding carboxylic acids is 1. The SMILES string of the molecule is O=C(NC1CCC(O)CC1)C1CC1CCNc1ccc(Cl)cc1. The summed E-state index contributed by atoms with van der Waals surface area (Å²) in [6, 6.07) is 7.95. The van der Waals surface area contributed by atoms with Crippen LogP contribution < -0.4 is 10.6 Å². The van der Waals surface area contributed by atoms with Gasteiger partial charge in [0.25, 0.3) is 0 Å². The number of aliphatic hydroxyl groups is 1. The smallest absolute Gasteiger partial charge is 0.223 e. The molecule has 0 aromatic heterocycles. The Balaban J connectivity index is 1.33. The molecule has 3 rings (SSSR count). The van der Waals surface area contributed by atoms with Crippen molar-refractivity contribution in [2.75, 3.05) is 11.9 Å². The van der Waals surface area contributed by atoms with E-state index in [0.29, 0.717) is 5.92 Å². The van der Waals surface area contributed by atoms with Gasteiger partial charge < -0.3 is 15.7 Å². The second-order valence-corrected chi connectivity index (χ2v) is 7.28. The van der Waals surface area contributed by atoms with E-state index in [0.717, 1.165) is 55.8 Å². The van der Waals surface area contributed by atoms with Gasteiger partial charge in [0.05, 0.1) is 6.10 Å². The fourth-order valence-corrected chi connectivity index (χ4v) is 3.51. The van der Waals surface area contributed by atoms with E-state index < -0.39 is 0 Å². The van der Waals surface area contributed by atoms with Crippen molar-refractivity contribution in [2.24, 2.45) is 11.8 Å². The first-order chi connectivity index (χ1) is 11.1. The van der Waals surface area contributed by atoms with Crippen molar-refractivity contribution < 1.29 is 9.90 Å². The topological polar surface area (TPSA) is 61.4 Å². The van der Waals surface area contributed by atoms with Gasteiger partial charge in [-0.15, -0.1) is 0 Å². The van der Waals surface area contributed by atoms with Crippen molar-refractivity contribution in [1.29, 1.82) is 0 Å². The fourth-order valence-electron chi connectivity index (χ4n) is 3.39. The molecule has 2 fully saturated rings. The molecule has 2 aliphatic rings. The molecule has 0 bridgehead atoms. The highest BCUT2D eigenvalue weighted by atomic mass is 35.5. The highest BCUT2D eigenvalue weighted by Crippen LogP contribution is 2.41. The summed E-state index contributed by atoms with van der Waals surface area (Å²) in [6.07, 6.45) is 5.28. The predicted octanol–water partition coefficient (Wildman–Crippen LogP) is 3.20. The molecule has 126 valence electrons. The second kappa shape index (κ2) is 7.54. The fraction of sp³-hybridized carbons (Fsp3) is 0.611. The molecule has 0 saturated heterocycles. The predicted molar refractivity (Wildman–Crippen MR) is 92.6 cm³/mol. The zero-order valence-electron chi connectivity index (χ0n) is 13.3. The Labute approximate surface area is 142 Å². The van der Waals surface area contributed by atoms with Crippen molar-refractivity contribution in [2.45, 2.75) is 50.7 Å². The van der Waals surface area contributed by atoms with Crippen LogP contribution >= 0.6 is 11.6 Å². The molecule has 4 nitrogen and oxygen atoms in total. The van der Waals surface area contributed by atoms with Crippen LogP contribution in [0.2, 0.25) is 5.02 Å². The van der Waals surface area contributed by atoms with Gasteiger partial charge in [0.1, 0.15) is 0 Å². The molecule has 2 aliphatic carbocycles. The van der Waals surface area contributed by atoms with Crippen LogP contribution in [0, 0.1) is 11.8 Å². The number of aliphatic hydroxyl groups excluding tert-OH is 1. The Morgan fingerprint density at radius 3 is 2.57 bits per heavy atom. The minimum atomic E-state index is -0.171. The lowest BCUT2D eigenvalue weighted by Gasteiger charge is -2.26. The number of hydrogen-bond donors (Lipinski definition) is 3. The maximum atomic E-state index is 12.2. The quantitative estimate of drug-likeness (QED) is 0.747. The standard InChI is InChI=1S/C18H25ClN2O2/c19-13-1-3-14(4-2-13)20-10-9-12-11-17(12)18(23)21-15-5-7-16(22)8-6-15/h1-4,12,15-17,20,22H,5-11H2,(H,21,23). The number of halogens is 1. The Morgan fingerprint density at radius 1 is 1.17 bits per heavy atom. The van der Waals surface area contributed by atoms with Crippen LogP contribution in [0.5, 0.6) is 0 Å². The van der Waals surface area contributed by atoms with E-state index in [1.165, 1.54) is 0 Å². The summed E-state index contributed by atoms with van der Waals surface area (Å²) in [6.45, 7) is 0.881. The van der Waals surface area contributed by atoms with E-state index in [1.807, 2.05) is 24.3 Å². The van der Waals surface area contributed by atoms with Crippen LogP contribution in [0.15, 0.2) is 24.3 Å². The van der Waals surface area contributed by atoms with Crippen molar-refractivity contribution in [3.05, 3.63) is 29.3 Å². The third-order valence-corrected chi connectivity index (χ3v) is 5.24. The maximum Gasteiger partial charge on any atom is 0.223 e. The van der Waals surface area contributed by atoms with E-state index in [-0.39, 0.29) is 24.0 Å². The lowest BCUT2D eigenvalue weighted by atomic mass is 9.93. The zero-order chi connectivity index (χ0) is 16.2. The summed E-state index contributed by atoms with van der Waals surface area (Å²) in [5.41, 5.74) is 1.07. The van der Waals surface area contributed by atoms with Gasteiger partial charge >= 0.3 is 0 Å². The van der Waals surface area contributed by atoms with E-state index in [9.17, 15) is 9.90 Å². The summed E-state index contributed by atoms with van der Waals surface area (Å²) in [5.74, 6) is 0.903. The van der Waals surface area contributed by atoms with Gasteiger partial charge in [-0.05, 0) is 68.7 Å². The van der Waals surface area contributed by atoms with Gasteiger partial charge in [-0.25, -0.2) is 0 Å². The summed E-state index contributed by atoms with van der Waals surface area (Å²) in [5, 5.41) is 16.8. The van der Waals surface area contributed by atoms with Gasteiger partial charge in [-0.1, -0.05) is 11.6 Å². The third kappa shape index (κ3) is 4.85. The first-order valence-corrected chi connectivity index (χ1v) is 8.97. The summed E-state index contributed by atoms with van der Waals surface area (Å²) < 4.78 is 0. The monoisotopic (exact) mass is 336 g/mol. The molecule has 5 heteroatoms. The van der Waals surface area contributed by atoms with Crippen LogP contribution in [0.3, 0.4) is 0 Å². The van der Waals surface area contributed by atoms with Crippen LogP contribution in [0.25, 0.3) is 0 Å². The molecule has 3 N–H and O–H groups in total. The molecule has 2 atom stereocenters. The van der Waals surface area contributed by atoms with Crippen LogP contribution in [0.4, 0.5) is 5.69 Å². The van der Waals surface area contributed by atoms with E-state index in [4.69, 9.17) is 11.6 Å². The van der Waals surface area contributed by atoms with Crippen molar-refractivity contribution in [3.63, 3.8) is 0 Å². The molecule has 1 aromatic rings. The minimum absolute atomic E-state index is 0.171. The molecule has 1 aromatic carbocycles. The Bertz CT molecular complexity index is 526.